The molecule has 0 saturated carbocycles. The third kappa shape index (κ3) is 7.75. The Kier molecular flexibility index (Phi) is 7.89. The predicted octanol–water partition coefficient (Wildman–Crippen LogP) is 6.55. The van der Waals surface area contributed by atoms with Gasteiger partial charge in [-0.3, -0.25) is 0 Å². The first-order valence-corrected chi connectivity index (χ1v) is 7.96. The van der Waals surface area contributed by atoms with Crippen LogP contribution in [0.15, 0.2) is 51.7 Å². The van der Waals surface area contributed by atoms with E-state index in [1.54, 1.807) is 6.26 Å². The molecule has 0 saturated heterocycles. The molecule has 1 rings (SSSR count). The van der Waals surface area contributed by atoms with Gasteiger partial charge in [0, 0.05) is 6.42 Å². The molecule has 116 valence electrons. The smallest absolute Gasteiger partial charge is 0.110 e. The van der Waals surface area contributed by atoms with Crippen LogP contribution < -0.4 is 0 Å². The van der Waals surface area contributed by atoms with Crippen molar-refractivity contribution in [3.05, 3.63) is 58.6 Å². The number of hydrogen-bond donors (Lipinski definition) is 0. The second-order valence-electron chi connectivity index (χ2n) is 6.19. The van der Waals surface area contributed by atoms with E-state index in [4.69, 9.17) is 4.42 Å². The lowest BCUT2D eigenvalue weighted by molar-refractivity contribution is 0.520. The molecular formula is C20H30O. The average Bonchev–Trinajstić information content (AvgIpc) is 2.81. The first-order valence-electron chi connectivity index (χ1n) is 7.96. The van der Waals surface area contributed by atoms with Crippen LogP contribution in [0.2, 0.25) is 0 Å². The van der Waals surface area contributed by atoms with Crippen LogP contribution in [0.1, 0.15) is 64.7 Å². The van der Waals surface area contributed by atoms with Gasteiger partial charge in [-0.25, -0.2) is 0 Å². The molecule has 1 aromatic rings. The largest absolute Gasteiger partial charge is 0.469 e. The lowest BCUT2D eigenvalue weighted by atomic mass is 10.1. The maximum atomic E-state index is 5.46. The molecule has 0 N–H and O–H groups in total. The van der Waals surface area contributed by atoms with Crippen LogP contribution >= 0.6 is 0 Å². The molecular weight excluding hydrogens is 256 g/mol. The monoisotopic (exact) mass is 286 g/mol. The fourth-order valence-electron chi connectivity index (χ4n) is 2.22. The molecule has 0 fully saturated rings. The summed E-state index contributed by atoms with van der Waals surface area (Å²) in [7, 11) is 0. The summed E-state index contributed by atoms with van der Waals surface area (Å²) in [6.45, 7) is 10.9. The van der Waals surface area contributed by atoms with Gasteiger partial charge in [-0.05, 0) is 71.9 Å². The number of rotatable bonds is 8. The zero-order valence-electron chi connectivity index (χ0n) is 14.3. The Morgan fingerprint density at radius 3 is 2.14 bits per heavy atom. The van der Waals surface area contributed by atoms with Crippen molar-refractivity contribution in [3.63, 3.8) is 0 Å². The Morgan fingerprint density at radius 2 is 1.57 bits per heavy atom. The van der Waals surface area contributed by atoms with Gasteiger partial charge in [0.05, 0.1) is 6.26 Å². The fourth-order valence-corrected chi connectivity index (χ4v) is 2.22. The van der Waals surface area contributed by atoms with Crippen LogP contribution in [0.5, 0.6) is 0 Å². The summed E-state index contributed by atoms with van der Waals surface area (Å²) >= 11 is 0. The van der Waals surface area contributed by atoms with Crippen molar-refractivity contribution in [2.24, 2.45) is 0 Å². The maximum absolute atomic E-state index is 5.46. The van der Waals surface area contributed by atoms with Gasteiger partial charge in [0.15, 0.2) is 0 Å². The molecule has 0 aliphatic rings. The highest BCUT2D eigenvalue weighted by molar-refractivity contribution is 5.18. The van der Waals surface area contributed by atoms with Crippen LogP contribution in [0.25, 0.3) is 0 Å². The van der Waals surface area contributed by atoms with Crippen molar-refractivity contribution in [3.8, 4) is 0 Å². The zero-order valence-corrected chi connectivity index (χ0v) is 14.3. The molecule has 0 bridgehead atoms. The summed E-state index contributed by atoms with van der Waals surface area (Å²) in [6.07, 6.45) is 14.3. The quantitative estimate of drug-likeness (QED) is 0.494. The van der Waals surface area contributed by atoms with Crippen LogP contribution in [0.3, 0.4) is 0 Å². The lowest BCUT2D eigenvalue weighted by Crippen LogP contribution is -1.84. The summed E-state index contributed by atoms with van der Waals surface area (Å²) in [6, 6.07) is 2.02. The zero-order chi connectivity index (χ0) is 15.7. The standard InChI is InChI=1S/C20H30O/c1-16(2)8-6-9-17(3)10-7-11-18(4)12-13-20-19(5)14-15-21-20/h8,10,12,14-15H,6-7,9,11,13H2,1-5H3. The summed E-state index contributed by atoms with van der Waals surface area (Å²) in [4.78, 5) is 0. The molecule has 1 heteroatoms. The van der Waals surface area contributed by atoms with Crippen LogP contribution in [-0.2, 0) is 6.42 Å². The van der Waals surface area contributed by atoms with E-state index in [-0.39, 0.29) is 0 Å². The molecule has 0 unspecified atom stereocenters. The molecule has 0 radical (unpaired) electrons. The lowest BCUT2D eigenvalue weighted by Gasteiger charge is -2.01. The highest BCUT2D eigenvalue weighted by atomic mass is 16.3. The Morgan fingerprint density at radius 1 is 0.952 bits per heavy atom. The first kappa shape index (κ1) is 17.6. The molecule has 1 heterocycles. The SMILES string of the molecule is CC(C)=CCCC(C)=CCCC(C)=CCc1occc1C. The van der Waals surface area contributed by atoms with E-state index in [0.717, 1.165) is 31.4 Å². The van der Waals surface area contributed by atoms with Gasteiger partial charge < -0.3 is 4.42 Å². The minimum Gasteiger partial charge on any atom is -0.469 e. The van der Waals surface area contributed by atoms with Crippen LogP contribution in [-0.4, -0.2) is 0 Å². The topological polar surface area (TPSA) is 13.1 Å². The molecule has 1 nitrogen and oxygen atoms in total. The average molecular weight is 286 g/mol. The van der Waals surface area contributed by atoms with Gasteiger partial charge in [0.1, 0.15) is 5.76 Å². The van der Waals surface area contributed by atoms with E-state index in [0.29, 0.717) is 0 Å². The number of furan rings is 1. The van der Waals surface area contributed by atoms with E-state index < -0.39 is 0 Å². The van der Waals surface area contributed by atoms with E-state index >= 15 is 0 Å². The Bertz CT molecular complexity index is 508. The minimum atomic E-state index is 0.911. The van der Waals surface area contributed by atoms with Gasteiger partial charge in [-0.15, -0.1) is 0 Å². The van der Waals surface area contributed by atoms with E-state index in [1.807, 2.05) is 6.07 Å². The molecule has 0 aliphatic heterocycles. The van der Waals surface area contributed by atoms with Crippen LogP contribution in [0.4, 0.5) is 0 Å². The van der Waals surface area contributed by atoms with E-state index in [1.165, 1.54) is 28.7 Å². The van der Waals surface area contributed by atoms with Crippen molar-refractivity contribution in [2.45, 2.75) is 66.7 Å². The van der Waals surface area contributed by atoms with Gasteiger partial charge in [0.2, 0.25) is 0 Å². The number of allylic oxidation sites excluding steroid dienone is 6. The molecule has 0 amide bonds. The third-order valence-corrected chi connectivity index (χ3v) is 3.73. The van der Waals surface area contributed by atoms with Gasteiger partial charge >= 0.3 is 0 Å². The van der Waals surface area contributed by atoms with Gasteiger partial charge in [0.25, 0.3) is 0 Å². The summed E-state index contributed by atoms with van der Waals surface area (Å²) in [5.41, 5.74) is 5.60. The van der Waals surface area contributed by atoms with Gasteiger partial charge in [-0.1, -0.05) is 34.9 Å². The molecule has 0 atom stereocenters. The Balaban J connectivity index is 2.30. The van der Waals surface area contributed by atoms with E-state index in [9.17, 15) is 0 Å². The minimum absolute atomic E-state index is 0.911. The van der Waals surface area contributed by atoms with Crippen molar-refractivity contribution < 1.29 is 4.42 Å². The fraction of sp³-hybridized carbons (Fsp3) is 0.500. The Hall–Kier alpha value is -1.50. The summed E-state index contributed by atoms with van der Waals surface area (Å²) < 4.78 is 5.46. The van der Waals surface area contributed by atoms with Gasteiger partial charge in [-0.2, -0.15) is 0 Å². The van der Waals surface area contributed by atoms with Crippen molar-refractivity contribution >= 4 is 0 Å². The predicted molar refractivity (Wildman–Crippen MR) is 92.6 cm³/mol. The number of hydrogen-bond acceptors (Lipinski definition) is 1. The molecule has 1 aromatic heterocycles. The van der Waals surface area contributed by atoms with Crippen molar-refractivity contribution in [1.29, 1.82) is 0 Å². The molecule has 0 aromatic carbocycles. The highest BCUT2D eigenvalue weighted by Gasteiger charge is 1.99. The van der Waals surface area contributed by atoms with Crippen LogP contribution in [0, 0.1) is 6.92 Å². The number of aryl methyl sites for hydroxylation is 1. The van der Waals surface area contributed by atoms with E-state index in [2.05, 4.69) is 52.8 Å². The van der Waals surface area contributed by atoms with Crippen molar-refractivity contribution in [1.82, 2.24) is 0 Å². The molecule has 0 aliphatic carbocycles. The highest BCUT2D eigenvalue weighted by Crippen LogP contribution is 2.14. The molecule has 21 heavy (non-hydrogen) atoms. The second kappa shape index (κ2) is 9.44. The third-order valence-electron chi connectivity index (χ3n) is 3.73. The normalized spacial score (nSPS) is 12.6. The summed E-state index contributed by atoms with van der Waals surface area (Å²) in [5, 5.41) is 0. The first-order chi connectivity index (χ1) is 9.99. The summed E-state index contributed by atoms with van der Waals surface area (Å²) in [5.74, 6) is 1.09. The maximum Gasteiger partial charge on any atom is 0.110 e. The van der Waals surface area contributed by atoms with Crippen molar-refractivity contribution in [2.75, 3.05) is 0 Å². The second-order valence-corrected chi connectivity index (χ2v) is 6.19. The molecule has 0 spiro atoms. The Labute approximate surface area is 130 Å².